The van der Waals surface area contributed by atoms with Gasteiger partial charge in [0.15, 0.2) is 0 Å². The van der Waals surface area contributed by atoms with Crippen LogP contribution < -0.4 is 10.1 Å². The predicted molar refractivity (Wildman–Crippen MR) is 104 cm³/mol. The number of piperidine rings is 1. The molecule has 27 heavy (non-hydrogen) atoms. The highest BCUT2D eigenvalue weighted by atomic mass is 79.9. The molecule has 1 saturated heterocycles. The van der Waals surface area contributed by atoms with Gasteiger partial charge < -0.3 is 19.4 Å². The third-order valence-corrected chi connectivity index (χ3v) is 5.11. The van der Waals surface area contributed by atoms with E-state index in [0.717, 1.165) is 16.0 Å². The number of carbonyl (C=O) groups is 2. The van der Waals surface area contributed by atoms with E-state index in [4.69, 9.17) is 9.15 Å². The molecule has 1 aliphatic heterocycles. The smallest absolute Gasteiger partial charge is 0.225 e. The second-order valence-corrected chi connectivity index (χ2v) is 7.42. The lowest BCUT2D eigenvalue weighted by atomic mass is 9.95. The first kappa shape index (κ1) is 19.5. The molecular formula is C20H23BrN2O4. The summed E-state index contributed by atoms with van der Waals surface area (Å²) in [6.07, 6.45) is 3.29. The highest BCUT2D eigenvalue weighted by Gasteiger charge is 2.27. The van der Waals surface area contributed by atoms with E-state index < -0.39 is 0 Å². The van der Waals surface area contributed by atoms with Crippen molar-refractivity contribution in [1.82, 2.24) is 10.2 Å². The minimum Gasteiger partial charge on any atom is -0.493 e. The fraction of sp³-hybridized carbons (Fsp3) is 0.400. The third-order valence-electron chi connectivity index (χ3n) is 4.62. The van der Waals surface area contributed by atoms with Crippen LogP contribution in [0.25, 0.3) is 0 Å². The summed E-state index contributed by atoms with van der Waals surface area (Å²) >= 11 is 3.39. The van der Waals surface area contributed by atoms with Crippen molar-refractivity contribution >= 4 is 27.7 Å². The standard InChI is InChI=1S/C20H23BrN2O4/c21-16-3-1-4-17(13-16)27-12-8-19(24)23-9-6-15(7-10-23)20(25)22-14-18-5-2-11-26-18/h1-5,11,13,15H,6-10,12,14H2,(H,22,25). The number of furan rings is 1. The Balaban J connectivity index is 1.35. The van der Waals surface area contributed by atoms with Crippen LogP contribution in [0.15, 0.2) is 51.6 Å². The molecule has 2 amide bonds. The van der Waals surface area contributed by atoms with Gasteiger partial charge in [0.25, 0.3) is 0 Å². The summed E-state index contributed by atoms with van der Waals surface area (Å²) in [5.41, 5.74) is 0. The number of rotatable bonds is 7. The molecule has 2 aromatic rings. The van der Waals surface area contributed by atoms with E-state index in [2.05, 4.69) is 21.2 Å². The van der Waals surface area contributed by atoms with Gasteiger partial charge in [0.1, 0.15) is 11.5 Å². The molecule has 1 N–H and O–H groups in total. The SMILES string of the molecule is O=C(NCc1ccco1)C1CCN(C(=O)CCOc2cccc(Br)c2)CC1. The summed E-state index contributed by atoms with van der Waals surface area (Å²) in [5.74, 6) is 1.52. The summed E-state index contributed by atoms with van der Waals surface area (Å²) in [7, 11) is 0. The average molecular weight is 435 g/mol. The van der Waals surface area contributed by atoms with Crippen LogP contribution >= 0.6 is 15.9 Å². The van der Waals surface area contributed by atoms with E-state index in [-0.39, 0.29) is 17.7 Å². The number of likely N-dealkylation sites (tertiary alicyclic amines) is 1. The van der Waals surface area contributed by atoms with Gasteiger partial charge in [-0.2, -0.15) is 0 Å². The van der Waals surface area contributed by atoms with E-state index in [1.807, 2.05) is 35.2 Å². The summed E-state index contributed by atoms with van der Waals surface area (Å²) in [6, 6.07) is 11.2. The van der Waals surface area contributed by atoms with Crippen molar-refractivity contribution in [1.29, 1.82) is 0 Å². The lowest BCUT2D eigenvalue weighted by Crippen LogP contribution is -2.43. The summed E-state index contributed by atoms with van der Waals surface area (Å²) in [4.78, 5) is 26.4. The molecule has 0 bridgehead atoms. The monoisotopic (exact) mass is 434 g/mol. The number of nitrogens with zero attached hydrogens (tertiary/aromatic N) is 1. The van der Waals surface area contributed by atoms with Crippen molar-refractivity contribution in [3.8, 4) is 5.75 Å². The zero-order valence-corrected chi connectivity index (χ0v) is 16.6. The van der Waals surface area contributed by atoms with Crippen LogP contribution in [-0.2, 0) is 16.1 Å². The predicted octanol–water partition coefficient (Wildman–Crippen LogP) is 3.37. The quantitative estimate of drug-likeness (QED) is 0.724. The Morgan fingerprint density at radius 1 is 1.22 bits per heavy atom. The lowest BCUT2D eigenvalue weighted by Gasteiger charge is -2.31. The van der Waals surface area contributed by atoms with Gasteiger partial charge in [-0.15, -0.1) is 0 Å². The Morgan fingerprint density at radius 2 is 2.04 bits per heavy atom. The second kappa shape index (κ2) is 9.60. The van der Waals surface area contributed by atoms with Crippen LogP contribution in [-0.4, -0.2) is 36.4 Å². The van der Waals surface area contributed by atoms with Gasteiger partial charge in [0, 0.05) is 23.5 Å². The number of benzene rings is 1. The average Bonchev–Trinajstić information content (AvgIpc) is 3.20. The third kappa shape index (κ3) is 5.85. The molecule has 1 fully saturated rings. The lowest BCUT2D eigenvalue weighted by molar-refractivity contribution is -0.136. The molecule has 1 aromatic heterocycles. The number of hydrogen-bond donors (Lipinski definition) is 1. The van der Waals surface area contributed by atoms with Crippen molar-refractivity contribution in [2.75, 3.05) is 19.7 Å². The molecule has 0 radical (unpaired) electrons. The van der Waals surface area contributed by atoms with E-state index in [1.54, 1.807) is 12.3 Å². The summed E-state index contributed by atoms with van der Waals surface area (Å²) < 4.78 is 11.8. The summed E-state index contributed by atoms with van der Waals surface area (Å²) in [6.45, 7) is 1.96. The molecule has 0 atom stereocenters. The van der Waals surface area contributed by atoms with E-state index >= 15 is 0 Å². The minimum atomic E-state index is -0.0538. The van der Waals surface area contributed by atoms with Gasteiger partial charge in [-0.05, 0) is 43.2 Å². The normalized spacial score (nSPS) is 14.8. The Morgan fingerprint density at radius 3 is 2.74 bits per heavy atom. The van der Waals surface area contributed by atoms with Crippen LogP contribution in [0.4, 0.5) is 0 Å². The van der Waals surface area contributed by atoms with Crippen LogP contribution in [0.1, 0.15) is 25.0 Å². The first-order valence-electron chi connectivity index (χ1n) is 9.08. The Kier molecular flexibility index (Phi) is 6.92. The maximum Gasteiger partial charge on any atom is 0.225 e. The first-order valence-corrected chi connectivity index (χ1v) is 9.87. The van der Waals surface area contributed by atoms with Gasteiger partial charge in [-0.1, -0.05) is 22.0 Å². The molecule has 3 rings (SSSR count). The second-order valence-electron chi connectivity index (χ2n) is 6.51. The number of hydrogen-bond acceptors (Lipinski definition) is 4. The number of nitrogens with one attached hydrogen (secondary N) is 1. The van der Waals surface area contributed by atoms with Gasteiger partial charge in [-0.3, -0.25) is 9.59 Å². The number of ether oxygens (including phenoxy) is 1. The molecule has 2 heterocycles. The zero-order chi connectivity index (χ0) is 19.1. The van der Waals surface area contributed by atoms with E-state index in [9.17, 15) is 9.59 Å². The Bertz CT molecular complexity index is 755. The van der Waals surface area contributed by atoms with Gasteiger partial charge >= 0.3 is 0 Å². The van der Waals surface area contributed by atoms with Crippen LogP contribution in [0.5, 0.6) is 5.75 Å². The minimum absolute atomic E-state index is 0.0245. The van der Waals surface area contributed by atoms with Gasteiger partial charge in [-0.25, -0.2) is 0 Å². The maximum atomic E-state index is 12.3. The van der Waals surface area contributed by atoms with Gasteiger partial charge in [0.05, 0.1) is 25.8 Å². The number of amides is 2. The van der Waals surface area contributed by atoms with Crippen molar-refractivity contribution in [3.63, 3.8) is 0 Å². The molecule has 0 aliphatic carbocycles. The zero-order valence-electron chi connectivity index (χ0n) is 15.0. The van der Waals surface area contributed by atoms with Crippen molar-refractivity contribution in [2.24, 2.45) is 5.92 Å². The fourth-order valence-electron chi connectivity index (χ4n) is 3.09. The number of halogens is 1. The Hall–Kier alpha value is -2.28. The van der Waals surface area contributed by atoms with E-state index in [0.29, 0.717) is 45.5 Å². The van der Waals surface area contributed by atoms with Crippen molar-refractivity contribution in [2.45, 2.75) is 25.8 Å². The molecule has 0 saturated carbocycles. The first-order chi connectivity index (χ1) is 13.1. The molecule has 1 aromatic carbocycles. The highest BCUT2D eigenvalue weighted by Crippen LogP contribution is 2.20. The summed E-state index contributed by atoms with van der Waals surface area (Å²) in [5, 5.41) is 2.90. The fourth-order valence-corrected chi connectivity index (χ4v) is 3.47. The largest absolute Gasteiger partial charge is 0.493 e. The van der Waals surface area contributed by atoms with Crippen LogP contribution in [0.3, 0.4) is 0 Å². The topological polar surface area (TPSA) is 71.8 Å². The molecule has 6 nitrogen and oxygen atoms in total. The van der Waals surface area contributed by atoms with E-state index in [1.165, 1.54) is 0 Å². The van der Waals surface area contributed by atoms with Crippen LogP contribution in [0.2, 0.25) is 0 Å². The molecular weight excluding hydrogens is 412 g/mol. The molecule has 144 valence electrons. The van der Waals surface area contributed by atoms with Crippen molar-refractivity contribution in [3.05, 3.63) is 52.9 Å². The molecule has 7 heteroatoms. The molecule has 1 aliphatic rings. The van der Waals surface area contributed by atoms with Crippen LogP contribution in [0, 0.1) is 5.92 Å². The maximum absolute atomic E-state index is 12.3. The van der Waals surface area contributed by atoms with Gasteiger partial charge in [0.2, 0.25) is 11.8 Å². The highest BCUT2D eigenvalue weighted by molar-refractivity contribution is 9.10. The Labute approximate surface area is 167 Å². The molecule has 0 unspecified atom stereocenters. The number of carbonyl (C=O) groups excluding carboxylic acids is 2. The molecule has 0 spiro atoms. The van der Waals surface area contributed by atoms with Crippen molar-refractivity contribution < 1.29 is 18.7 Å².